The van der Waals surface area contributed by atoms with Crippen LogP contribution in [0.1, 0.15) is 12.0 Å². The molecule has 0 saturated carbocycles. The summed E-state index contributed by atoms with van der Waals surface area (Å²) >= 11 is 3.50. The minimum atomic E-state index is 0.589. The van der Waals surface area contributed by atoms with E-state index in [2.05, 4.69) is 55.8 Å². The molecule has 4 heteroatoms. The second-order valence-corrected chi connectivity index (χ2v) is 5.76. The normalized spacial score (nSPS) is 11.1. The van der Waals surface area contributed by atoms with Gasteiger partial charge < -0.3 is 10.3 Å². The Hall–Kier alpha value is -1.81. The largest absolute Gasteiger partial charge is 0.369 e. The lowest BCUT2D eigenvalue weighted by atomic mass is 10.1. The molecule has 0 spiro atoms. The van der Waals surface area contributed by atoms with Crippen LogP contribution in [0.5, 0.6) is 0 Å². The summed E-state index contributed by atoms with van der Waals surface area (Å²) in [4.78, 5) is 4.40. The third-order valence-electron chi connectivity index (χ3n) is 3.43. The number of imidazole rings is 1. The minimum Gasteiger partial charge on any atom is -0.369 e. The van der Waals surface area contributed by atoms with Gasteiger partial charge in [-0.3, -0.25) is 0 Å². The smallest absolute Gasteiger partial charge is 0.201 e. The number of hydrogen-bond donors (Lipinski definition) is 1. The molecule has 3 rings (SSSR count). The Morgan fingerprint density at radius 3 is 2.70 bits per heavy atom. The molecule has 102 valence electrons. The van der Waals surface area contributed by atoms with E-state index in [1.165, 1.54) is 5.56 Å². The third-order valence-corrected chi connectivity index (χ3v) is 3.92. The molecule has 0 aliphatic rings. The van der Waals surface area contributed by atoms with Crippen LogP contribution >= 0.6 is 15.9 Å². The van der Waals surface area contributed by atoms with Gasteiger partial charge in [0.25, 0.3) is 0 Å². The molecular formula is C16H16BrN3. The van der Waals surface area contributed by atoms with E-state index in [0.717, 1.165) is 34.9 Å². The van der Waals surface area contributed by atoms with Crippen molar-refractivity contribution in [2.24, 2.45) is 0 Å². The summed E-state index contributed by atoms with van der Waals surface area (Å²) in [5.74, 6) is 0.589. The van der Waals surface area contributed by atoms with E-state index in [-0.39, 0.29) is 0 Å². The Morgan fingerprint density at radius 1 is 1.10 bits per heavy atom. The zero-order valence-corrected chi connectivity index (χ0v) is 12.7. The molecule has 0 aliphatic heterocycles. The number of halogens is 1. The molecule has 3 aromatic rings. The molecule has 0 amide bonds. The van der Waals surface area contributed by atoms with Crippen LogP contribution in [0.3, 0.4) is 0 Å². The molecule has 3 nitrogen and oxygen atoms in total. The maximum absolute atomic E-state index is 6.02. The Balaban J connectivity index is 1.77. The van der Waals surface area contributed by atoms with Gasteiger partial charge in [-0.1, -0.05) is 46.3 Å². The number of rotatable bonds is 4. The van der Waals surface area contributed by atoms with Crippen molar-refractivity contribution >= 4 is 32.9 Å². The van der Waals surface area contributed by atoms with Crippen molar-refractivity contribution in [2.75, 3.05) is 5.73 Å². The highest BCUT2D eigenvalue weighted by atomic mass is 79.9. The number of nitrogens with two attached hydrogens (primary N) is 1. The number of fused-ring (bicyclic) bond motifs is 1. The van der Waals surface area contributed by atoms with Crippen LogP contribution in [-0.2, 0) is 13.0 Å². The molecule has 0 fully saturated rings. The molecule has 2 aromatic carbocycles. The Kier molecular flexibility index (Phi) is 3.74. The van der Waals surface area contributed by atoms with Crippen LogP contribution < -0.4 is 5.73 Å². The fourth-order valence-electron chi connectivity index (χ4n) is 2.44. The van der Waals surface area contributed by atoms with Gasteiger partial charge in [0.1, 0.15) is 0 Å². The molecule has 1 aromatic heterocycles. The van der Waals surface area contributed by atoms with E-state index in [4.69, 9.17) is 5.73 Å². The van der Waals surface area contributed by atoms with Gasteiger partial charge in [0.15, 0.2) is 0 Å². The second kappa shape index (κ2) is 5.67. The van der Waals surface area contributed by atoms with Crippen molar-refractivity contribution in [3.8, 4) is 0 Å². The number of nitrogens with zero attached hydrogens (tertiary/aromatic N) is 2. The van der Waals surface area contributed by atoms with E-state index in [9.17, 15) is 0 Å². The van der Waals surface area contributed by atoms with E-state index in [1.54, 1.807) is 0 Å². The predicted octanol–water partition coefficient (Wildman–Crippen LogP) is 4.01. The summed E-state index contributed by atoms with van der Waals surface area (Å²) in [6.07, 6.45) is 2.10. The molecule has 0 saturated heterocycles. The first-order valence-corrected chi connectivity index (χ1v) is 7.48. The molecule has 0 bridgehead atoms. The molecule has 0 atom stereocenters. The zero-order chi connectivity index (χ0) is 13.9. The fourth-order valence-corrected chi connectivity index (χ4v) is 2.78. The Labute approximate surface area is 126 Å². The van der Waals surface area contributed by atoms with Gasteiger partial charge in [0, 0.05) is 11.0 Å². The first-order valence-electron chi connectivity index (χ1n) is 6.69. The molecular weight excluding hydrogens is 314 g/mol. The van der Waals surface area contributed by atoms with Gasteiger partial charge >= 0.3 is 0 Å². The highest BCUT2D eigenvalue weighted by Crippen LogP contribution is 2.22. The summed E-state index contributed by atoms with van der Waals surface area (Å²) in [5, 5.41) is 0. The van der Waals surface area contributed by atoms with Crippen molar-refractivity contribution in [1.82, 2.24) is 9.55 Å². The lowest BCUT2D eigenvalue weighted by Gasteiger charge is -2.07. The number of benzene rings is 2. The van der Waals surface area contributed by atoms with Crippen molar-refractivity contribution in [3.63, 3.8) is 0 Å². The van der Waals surface area contributed by atoms with Gasteiger partial charge in [-0.05, 0) is 36.6 Å². The van der Waals surface area contributed by atoms with Crippen LogP contribution in [0.4, 0.5) is 5.95 Å². The molecule has 0 aliphatic carbocycles. The fraction of sp³-hybridized carbons (Fsp3) is 0.188. The summed E-state index contributed by atoms with van der Waals surface area (Å²) in [6, 6.07) is 16.6. The van der Waals surface area contributed by atoms with Crippen LogP contribution in [-0.4, -0.2) is 9.55 Å². The Morgan fingerprint density at radius 2 is 1.90 bits per heavy atom. The maximum Gasteiger partial charge on any atom is 0.201 e. The number of aryl methyl sites for hydroxylation is 2. The van der Waals surface area contributed by atoms with Gasteiger partial charge in [-0.2, -0.15) is 0 Å². The molecule has 1 heterocycles. The van der Waals surface area contributed by atoms with Crippen LogP contribution in [0.25, 0.3) is 11.0 Å². The molecule has 2 N–H and O–H groups in total. The standard InChI is InChI=1S/C16H16BrN3/c17-13-8-9-14-15(11-13)20(16(18)19-14)10-4-7-12-5-2-1-3-6-12/h1-3,5-6,8-9,11H,4,7,10H2,(H2,18,19). The highest BCUT2D eigenvalue weighted by molar-refractivity contribution is 9.10. The van der Waals surface area contributed by atoms with Crippen molar-refractivity contribution in [1.29, 1.82) is 0 Å². The SMILES string of the molecule is Nc1nc2ccc(Br)cc2n1CCCc1ccccc1. The van der Waals surface area contributed by atoms with E-state index >= 15 is 0 Å². The highest BCUT2D eigenvalue weighted by Gasteiger charge is 2.08. The van der Waals surface area contributed by atoms with Crippen molar-refractivity contribution < 1.29 is 0 Å². The third kappa shape index (κ3) is 2.70. The second-order valence-electron chi connectivity index (χ2n) is 4.84. The maximum atomic E-state index is 6.02. The first-order chi connectivity index (χ1) is 9.74. The first kappa shape index (κ1) is 13.2. The lowest BCUT2D eigenvalue weighted by molar-refractivity contribution is 0.665. The number of anilines is 1. The Bertz CT molecular complexity index is 719. The molecule has 20 heavy (non-hydrogen) atoms. The van der Waals surface area contributed by atoms with E-state index in [1.807, 2.05) is 18.2 Å². The van der Waals surface area contributed by atoms with Crippen molar-refractivity contribution in [2.45, 2.75) is 19.4 Å². The van der Waals surface area contributed by atoms with Gasteiger partial charge in [0.2, 0.25) is 5.95 Å². The zero-order valence-electron chi connectivity index (χ0n) is 11.1. The summed E-state index contributed by atoms with van der Waals surface area (Å²) in [5.41, 5.74) is 9.41. The quantitative estimate of drug-likeness (QED) is 0.785. The van der Waals surface area contributed by atoms with Gasteiger partial charge in [-0.25, -0.2) is 4.98 Å². The predicted molar refractivity (Wildman–Crippen MR) is 86.6 cm³/mol. The van der Waals surface area contributed by atoms with E-state index in [0.29, 0.717) is 5.95 Å². The summed E-state index contributed by atoms with van der Waals surface area (Å²) in [6.45, 7) is 0.883. The number of aromatic nitrogens is 2. The van der Waals surface area contributed by atoms with Crippen molar-refractivity contribution in [3.05, 3.63) is 58.6 Å². The number of nitrogen functional groups attached to an aromatic ring is 1. The molecule has 0 radical (unpaired) electrons. The summed E-state index contributed by atoms with van der Waals surface area (Å²) < 4.78 is 3.14. The van der Waals surface area contributed by atoms with Crippen LogP contribution in [0, 0.1) is 0 Å². The number of hydrogen-bond acceptors (Lipinski definition) is 2. The monoisotopic (exact) mass is 329 g/mol. The van der Waals surface area contributed by atoms with Crippen LogP contribution in [0.15, 0.2) is 53.0 Å². The topological polar surface area (TPSA) is 43.8 Å². The molecule has 0 unspecified atom stereocenters. The lowest BCUT2D eigenvalue weighted by Crippen LogP contribution is -2.04. The van der Waals surface area contributed by atoms with E-state index < -0.39 is 0 Å². The average Bonchev–Trinajstić information content (AvgIpc) is 2.76. The van der Waals surface area contributed by atoms with Gasteiger partial charge in [-0.15, -0.1) is 0 Å². The van der Waals surface area contributed by atoms with Crippen LogP contribution in [0.2, 0.25) is 0 Å². The minimum absolute atomic E-state index is 0.589. The average molecular weight is 330 g/mol. The summed E-state index contributed by atoms with van der Waals surface area (Å²) in [7, 11) is 0. The van der Waals surface area contributed by atoms with Gasteiger partial charge in [0.05, 0.1) is 11.0 Å².